The number of rotatable bonds is 4. The number of hydrogen-bond acceptors (Lipinski definition) is 7. The van der Waals surface area contributed by atoms with Crippen molar-refractivity contribution >= 4 is 17.5 Å². The van der Waals surface area contributed by atoms with Gasteiger partial charge in [-0.05, 0) is 26.0 Å². The summed E-state index contributed by atoms with van der Waals surface area (Å²) in [5, 5.41) is 4.26. The van der Waals surface area contributed by atoms with E-state index in [-0.39, 0.29) is 5.91 Å². The number of aromatic nitrogens is 5. The minimum Gasteiger partial charge on any atom is -0.477 e. The summed E-state index contributed by atoms with van der Waals surface area (Å²) < 4.78 is 7.23. The van der Waals surface area contributed by atoms with Crippen LogP contribution < -0.4 is 9.64 Å². The van der Waals surface area contributed by atoms with Crippen LogP contribution in [0.5, 0.6) is 5.88 Å². The largest absolute Gasteiger partial charge is 0.477 e. The molecule has 1 saturated heterocycles. The molecule has 0 saturated carbocycles. The van der Waals surface area contributed by atoms with Gasteiger partial charge in [-0.1, -0.05) is 0 Å². The van der Waals surface area contributed by atoms with E-state index in [9.17, 15) is 4.79 Å². The lowest BCUT2D eigenvalue weighted by Crippen LogP contribution is -2.49. The van der Waals surface area contributed by atoms with E-state index in [1.54, 1.807) is 22.8 Å². The second-order valence-corrected chi connectivity index (χ2v) is 6.30. The lowest BCUT2D eigenvalue weighted by atomic mass is 10.2. The lowest BCUT2D eigenvalue weighted by Gasteiger charge is -2.36. The molecule has 27 heavy (non-hydrogen) atoms. The molecule has 0 aliphatic carbocycles. The summed E-state index contributed by atoms with van der Waals surface area (Å²) in [6.07, 6.45) is 3.14. The van der Waals surface area contributed by atoms with Crippen LogP contribution in [0.4, 0.5) is 5.82 Å². The van der Waals surface area contributed by atoms with Crippen LogP contribution in [0, 0.1) is 6.92 Å². The van der Waals surface area contributed by atoms with E-state index >= 15 is 0 Å². The van der Waals surface area contributed by atoms with Crippen molar-refractivity contribution in [2.24, 2.45) is 0 Å². The van der Waals surface area contributed by atoms with Gasteiger partial charge in [-0.3, -0.25) is 4.79 Å². The van der Waals surface area contributed by atoms with Crippen molar-refractivity contribution in [1.82, 2.24) is 29.5 Å². The monoisotopic (exact) mass is 367 g/mol. The fraction of sp³-hybridized carbons (Fsp3) is 0.389. The summed E-state index contributed by atoms with van der Waals surface area (Å²) in [5.41, 5.74) is 1.40. The summed E-state index contributed by atoms with van der Waals surface area (Å²) >= 11 is 0. The predicted molar refractivity (Wildman–Crippen MR) is 99.0 cm³/mol. The second kappa shape index (κ2) is 7.18. The van der Waals surface area contributed by atoms with E-state index < -0.39 is 0 Å². The molecule has 140 valence electrons. The summed E-state index contributed by atoms with van der Waals surface area (Å²) in [5.74, 6) is 1.86. The van der Waals surface area contributed by atoms with Crippen molar-refractivity contribution < 1.29 is 9.53 Å². The smallest absolute Gasteiger partial charge is 0.259 e. The summed E-state index contributed by atoms with van der Waals surface area (Å²) in [4.78, 5) is 29.7. The fourth-order valence-corrected chi connectivity index (χ4v) is 3.25. The van der Waals surface area contributed by atoms with Gasteiger partial charge in [0.05, 0.1) is 6.61 Å². The number of carbonyl (C=O) groups excluding carboxylic acids is 1. The SMILES string of the molecule is CCOc1ncccc1C(=O)N1CCN(c2cc(C)nc3ncnn23)CC1. The van der Waals surface area contributed by atoms with Gasteiger partial charge in [0.2, 0.25) is 5.88 Å². The number of hydrogen-bond donors (Lipinski definition) is 0. The average Bonchev–Trinajstić information content (AvgIpc) is 3.16. The highest BCUT2D eigenvalue weighted by molar-refractivity contribution is 5.96. The van der Waals surface area contributed by atoms with Gasteiger partial charge in [-0.25, -0.2) is 9.97 Å². The molecule has 9 heteroatoms. The first-order chi connectivity index (χ1) is 13.2. The highest BCUT2D eigenvalue weighted by atomic mass is 16.5. The quantitative estimate of drug-likeness (QED) is 0.684. The molecule has 3 aromatic rings. The Balaban J connectivity index is 1.51. The Bertz CT molecular complexity index is 963. The molecule has 0 atom stereocenters. The molecule has 1 amide bonds. The molecule has 3 aromatic heterocycles. The summed E-state index contributed by atoms with van der Waals surface area (Å²) in [7, 11) is 0. The van der Waals surface area contributed by atoms with Crippen LogP contribution in [-0.2, 0) is 0 Å². The van der Waals surface area contributed by atoms with Crippen LogP contribution in [0.2, 0.25) is 0 Å². The van der Waals surface area contributed by atoms with Gasteiger partial charge in [0.1, 0.15) is 17.7 Å². The van der Waals surface area contributed by atoms with E-state index in [4.69, 9.17) is 4.74 Å². The number of ether oxygens (including phenoxy) is 1. The van der Waals surface area contributed by atoms with Crippen LogP contribution >= 0.6 is 0 Å². The third kappa shape index (κ3) is 3.27. The highest BCUT2D eigenvalue weighted by Gasteiger charge is 2.26. The molecular weight excluding hydrogens is 346 g/mol. The van der Waals surface area contributed by atoms with Crippen LogP contribution in [0.25, 0.3) is 5.78 Å². The number of pyridine rings is 1. The number of amides is 1. The topological polar surface area (TPSA) is 88.8 Å². The third-order valence-corrected chi connectivity index (χ3v) is 4.53. The molecule has 0 bridgehead atoms. The van der Waals surface area contributed by atoms with Gasteiger partial charge in [-0.2, -0.15) is 14.6 Å². The molecule has 0 N–H and O–H groups in total. The third-order valence-electron chi connectivity index (χ3n) is 4.53. The van der Waals surface area contributed by atoms with E-state index in [0.29, 0.717) is 50.0 Å². The van der Waals surface area contributed by atoms with Crippen LogP contribution in [0.1, 0.15) is 23.0 Å². The van der Waals surface area contributed by atoms with Crippen molar-refractivity contribution in [2.45, 2.75) is 13.8 Å². The van der Waals surface area contributed by atoms with Crippen molar-refractivity contribution in [3.05, 3.63) is 42.0 Å². The molecule has 0 radical (unpaired) electrons. The molecule has 9 nitrogen and oxygen atoms in total. The minimum atomic E-state index is -0.0528. The van der Waals surface area contributed by atoms with Crippen molar-refractivity contribution in [3.8, 4) is 5.88 Å². The molecule has 1 aliphatic heterocycles. The Morgan fingerprint density at radius 1 is 1.22 bits per heavy atom. The van der Waals surface area contributed by atoms with Crippen molar-refractivity contribution in [3.63, 3.8) is 0 Å². The second-order valence-electron chi connectivity index (χ2n) is 6.30. The van der Waals surface area contributed by atoms with Crippen molar-refractivity contribution in [1.29, 1.82) is 0 Å². The molecule has 4 rings (SSSR count). The lowest BCUT2D eigenvalue weighted by molar-refractivity contribution is 0.0741. The Labute approximate surface area is 156 Å². The normalized spacial score (nSPS) is 14.6. The molecule has 0 aromatic carbocycles. The zero-order valence-corrected chi connectivity index (χ0v) is 15.4. The Kier molecular flexibility index (Phi) is 4.57. The van der Waals surface area contributed by atoms with Gasteiger partial charge in [0.15, 0.2) is 0 Å². The van der Waals surface area contributed by atoms with Gasteiger partial charge < -0.3 is 14.5 Å². The number of fused-ring (bicyclic) bond motifs is 1. The number of piperazine rings is 1. The van der Waals surface area contributed by atoms with E-state index in [1.807, 2.05) is 24.8 Å². The Hall–Kier alpha value is -3.23. The van der Waals surface area contributed by atoms with Crippen LogP contribution in [0.15, 0.2) is 30.7 Å². The van der Waals surface area contributed by atoms with Crippen LogP contribution in [0.3, 0.4) is 0 Å². The average molecular weight is 367 g/mol. The van der Waals surface area contributed by atoms with Gasteiger partial charge in [0.25, 0.3) is 11.7 Å². The first-order valence-electron chi connectivity index (χ1n) is 8.97. The van der Waals surface area contributed by atoms with Crippen molar-refractivity contribution in [2.75, 3.05) is 37.7 Å². The fourth-order valence-electron chi connectivity index (χ4n) is 3.25. The molecule has 1 fully saturated rings. The zero-order valence-electron chi connectivity index (χ0n) is 15.4. The van der Waals surface area contributed by atoms with Gasteiger partial charge >= 0.3 is 0 Å². The maximum Gasteiger partial charge on any atom is 0.259 e. The number of carbonyl (C=O) groups is 1. The highest BCUT2D eigenvalue weighted by Crippen LogP contribution is 2.21. The maximum atomic E-state index is 12.9. The minimum absolute atomic E-state index is 0.0528. The summed E-state index contributed by atoms with van der Waals surface area (Å²) in [6, 6.07) is 5.51. The van der Waals surface area contributed by atoms with Crippen LogP contribution in [-0.4, -0.2) is 68.2 Å². The molecular formula is C18H21N7O2. The Morgan fingerprint density at radius 3 is 2.81 bits per heavy atom. The first-order valence-corrected chi connectivity index (χ1v) is 8.97. The van der Waals surface area contributed by atoms with E-state index in [2.05, 4.69) is 25.0 Å². The molecule has 0 spiro atoms. The molecule has 0 unspecified atom stereocenters. The standard InChI is InChI=1S/C18H21N7O2/c1-3-27-16-14(5-4-6-19-16)17(26)24-9-7-23(8-10-24)15-11-13(2)22-18-20-12-21-25(15)18/h4-6,11-12H,3,7-10H2,1-2H3. The van der Waals surface area contributed by atoms with E-state index in [0.717, 1.165) is 11.5 Å². The predicted octanol–water partition coefficient (Wildman–Crippen LogP) is 1.19. The molecule has 4 heterocycles. The van der Waals surface area contributed by atoms with Gasteiger partial charge in [0, 0.05) is 44.1 Å². The zero-order chi connectivity index (χ0) is 18.8. The molecule has 1 aliphatic rings. The number of anilines is 1. The Morgan fingerprint density at radius 2 is 2.04 bits per heavy atom. The first kappa shape index (κ1) is 17.2. The number of nitrogens with zero attached hydrogens (tertiary/aromatic N) is 7. The van der Waals surface area contributed by atoms with Gasteiger partial charge in [-0.15, -0.1) is 0 Å². The summed E-state index contributed by atoms with van der Waals surface area (Å²) in [6.45, 7) is 6.91. The van der Waals surface area contributed by atoms with E-state index in [1.165, 1.54) is 6.33 Å². The number of aryl methyl sites for hydroxylation is 1. The maximum absolute atomic E-state index is 12.9.